The lowest BCUT2D eigenvalue weighted by Crippen LogP contribution is -2.00. The van der Waals surface area contributed by atoms with Gasteiger partial charge in [0.25, 0.3) is 0 Å². The molecule has 0 unspecified atom stereocenters. The molecule has 0 fully saturated rings. The maximum absolute atomic E-state index is 6.62. The van der Waals surface area contributed by atoms with Crippen molar-refractivity contribution in [2.75, 3.05) is 0 Å². The molecule has 0 spiro atoms. The number of para-hydroxylation sites is 2. The van der Waals surface area contributed by atoms with E-state index in [4.69, 9.17) is 19.4 Å². The Balaban J connectivity index is 1.12. The molecule has 4 aromatic heterocycles. The van der Waals surface area contributed by atoms with E-state index in [2.05, 4.69) is 102 Å². The molecular weight excluding hydrogens is 645 g/mol. The molecule has 0 aliphatic carbocycles. The van der Waals surface area contributed by atoms with Crippen LogP contribution in [0.2, 0.25) is 0 Å². The second-order valence-corrected chi connectivity index (χ2v) is 13.8. The summed E-state index contributed by atoms with van der Waals surface area (Å²) in [7, 11) is 0. The maximum Gasteiger partial charge on any atom is 0.164 e. The Morgan fingerprint density at radius 2 is 1.02 bits per heavy atom. The van der Waals surface area contributed by atoms with Gasteiger partial charge in [-0.15, -0.1) is 11.3 Å². The van der Waals surface area contributed by atoms with Gasteiger partial charge in [0, 0.05) is 53.7 Å². The Kier molecular flexibility index (Phi) is 6.05. The van der Waals surface area contributed by atoms with E-state index >= 15 is 0 Å². The third-order valence-electron chi connectivity index (χ3n) is 9.85. The first-order valence-corrected chi connectivity index (χ1v) is 17.8. The summed E-state index contributed by atoms with van der Waals surface area (Å²) in [5, 5.41) is 7.17. The number of aromatic nitrogens is 4. The fraction of sp³-hybridized carbons (Fsp3) is 0. The number of benzene rings is 7. The Hall–Kier alpha value is -6.63. The maximum atomic E-state index is 6.62. The van der Waals surface area contributed by atoms with Crippen molar-refractivity contribution >= 4 is 75.3 Å². The predicted octanol–water partition coefficient (Wildman–Crippen LogP) is 12.2. The average Bonchev–Trinajstić information content (AvgIpc) is 3.87. The van der Waals surface area contributed by atoms with Crippen LogP contribution in [0.25, 0.3) is 104 Å². The molecule has 11 rings (SSSR count). The molecule has 0 radical (unpaired) electrons. The SMILES string of the molecule is c1ccc(-c2nc(-c3ccccc3)nc(-c3ccc4c(c3)oc3ccc5sc6c(-n7c8ccccc8c8ccccc87)cccc6c5c34)n2)cc1. The van der Waals surface area contributed by atoms with Crippen LogP contribution in [-0.4, -0.2) is 19.5 Å². The van der Waals surface area contributed by atoms with Gasteiger partial charge in [-0.05, 0) is 42.5 Å². The van der Waals surface area contributed by atoms with Gasteiger partial charge in [-0.3, -0.25) is 0 Å². The van der Waals surface area contributed by atoms with Crippen LogP contribution in [0.1, 0.15) is 0 Å². The molecular formula is C45H26N4OS. The third-order valence-corrected chi connectivity index (χ3v) is 11.0. The fourth-order valence-electron chi connectivity index (χ4n) is 7.57. The van der Waals surface area contributed by atoms with E-state index in [0.29, 0.717) is 17.5 Å². The topological polar surface area (TPSA) is 56.7 Å². The molecule has 7 aromatic carbocycles. The third kappa shape index (κ3) is 4.30. The fourth-order valence-corrected chi connectivity index (χ4v) is 8.79. The number of nitrogens with zero attached hydrogens (tertiary/aromatic N) is 4. The van der Waals surface area contributed by atoms with Gasteiger partial charge in [-0.2, -0.15) is 0 Å². The molecule has 0 aliphatic rings. The van der Waals surface area contributed by atoms with Crippen molar-refractivity contribution in [2.45, 2.75) is 0 Å². The summed E-state index contributed by atoms with van der Waals surface area (Å²) in [5.74, 6) is 1.87. The average molecular weight is 671 g/mol. The number of hydrogen-bond donors (Lipinski definition) is 0. The minimum atomic E-state index is 0.604. The molecule has 11 aromatic rings. The van der Waals surface area contributed by atoms with Gasteiger partial charge in [0.05, 0.1) is 21.4 Å². The Labute approximate surface area is 295 Å². The molecule has 0 saturated heterocycles. The van der Waals surface area contributed by atoms with Crippen LogP contribution in [0.15, 0.2) is 162 Å². The number of furan rings is 1. The minimum absolute atomic E-state index is 0.604. The van der Waals surface area contributed by atoms with Gasteiger partial charge in [0.15, 0.2) is 17.5 Å². The predicted molar refractivity (Wildman–Crippen MR) is 211 cm³/mol. The highest BCUT2D eigenvalue weighted by molar-refractivity contribution is 7.26. The number of hydrogen-bond acceptors (Lipinski definition) is 5. The number of fused-ring (bicyclic) bond motifs is 10. The highest BCUT2D eigenvalue weighted by Gasteiger charge is 2.20. The van der Waals surface area contributed by atoms with Crippen LogP contribution in [-0.2, 0) is 0 Å². The van der Waals surface area contributed by atoms with E-state index < -0.39 is 0 Å². The van der Waals surface area contributed by atoms with Crippen molar-refractivity contribution in [3.05, 3.63) is 158 Å². The van der Waals surface area contributed by atoms with Gasteiger partial charge in [-0.25, -0.2) is 15.0 Å². The lowest BCUT2D eigenvalue weighted by molar-refractivity contribution is 0.669. The van der Waals surface area contributed by atoms with Crippen molar-refractivity contribution in [3.8, 4) is 39.9 Å². The van der Waals surface area contributed by atoms with E-state index in [9.17, 15) is 0 Å². The van der Waals surface area contributed by atoms with Crippen LogP contribution in [0.3, 0.4) is 0 Å². The summed E-state index contributed by atoms with van der Waals surface area (Å²) >= 11 is 1.84. The summed E-state index contributed by atoms with van der Waals surface area (Å²) in [6.45, 7) is 0. The Morgan fingerprint density at radius 3 is 1.69 bits per heavy atom. The van der Waals surface area contributed by atoms with Crippen LogP contribution in [0.4, 0.5) is 0 Å². The van der Waals surface area contributed by atoms with Crippen molar-refractivity contribution in [1.29, 1.82) is 0 Å². The van der Waals surface area contributed by atoms with Gasteiger partial charge in [0.1, 0.15) is 11.2 Å². The molecule has 4 heterocycles. The second-order valence-electron chi connectivity index (χ2n) is 12.8. The van der Waals surface area contributed by atoms with Crippen LogP contribution in [0, 0.1) is 0 Å². The van der Waals surface area contributed by atoms with Crippen LogP contribution in [0.5, 0.6) is 0 Å². The molecule has 0 bridgehead atoms. The zero-order valence-corrected chi connectivity index (χ0v) is 27.9. The summed E-state index contributed by atoms with van der Waals surface area (Å²) < 4.78 is 11.5. The van der Waals surface area contributed by atoms with Crippen molar-refractivity contribution in [3.63, 3.8) is 0 Å². The smallest absolute Gasteiger partial charge is 0.164 e. The lowest BCUT2D eigenvalue weighted by Gasteiger charge is -2.09. The van der Waals surface area contributed by atoms with Gasteiger partial charge in [-0.1, -0.05) is 115 Å². The van der Waals surface area contributed by atoms with E-state index in [0.717, 1.165) is 38.6 Å². The monoisotopic (exact) mass is 670 g/mol. The lowest BCUT2D eigenvalue weighted by atomic mass is 10.0. The first-order valence-electron chi connectivity index (χ1n) is 16.9. The molecule has 0 amide bonds. The standard InChI is InChI=1S/C45H26N4OS/c1-3-12-27(13-4-1)43-46-44(28-14-5-2-6-15-28)48-45(47-43)29-22-23-32-38(26-29)50-37-24-25-39-41(40(32)37)33-18-11-21-36(42(33)51-39)49-34-19-9-7-16-30(34)31-17-8-10-20-35(31)49/h1-26H. The molecule has 238 valence electrons. The van der Waals surface area contributed by atoms with Crippen LogP contribution >= 0.6 is 11.3 Å². The van der Waals surface area contributed by atoms with E-state index in [1.54, 1.807) is 0 Å². The Morgan fingerprint density at radius 1 is 0.431 bits per heavy atom. The van der Waals surface area contributed by atoms with E-state index in [1.807, 2.05) is 72.0 Å². The van der Waals surface area contributed by atoms with Crippen molar-refractivity contribution in [2.24, 2.45) is 0 Å². The van der Waals surface area contributed by atoms with Crippen LogP contribution < -0.4 is 0 Å². The zero-order valence-electron chi connectivity index (χ0n) is 27.1. The van der Waals surface area contributed by atoms with Crippen molar-refractivity contribution < 1.29 is 4.42 Å². The quantitative estimate of drug-likeness (QED) is 0.187. The Bertz CT molecular complexity index is 3030. The molecule has 0 atom stereocenters. The highest BCUT2D eigenvalue weighted by Crippen LogP contribution is 2.46. The molecule has 0 aliphatic heterocycles. The first-order chi connectivity index (χ1) is 25.3. The normalized spacial score (nSPS) is 11.9. The van der Waals surface area contributed by atoms with E-state index in [-0.39, 0.29) is 0 Å². The van der Waals surface area contributed by atoms with Gasteiger partial charge >= 0.3 is 0 Å². The molecule has 5 nitrogen and oxygen atoms in total. The molecule has 51 heavy (non-hydrogen) atoms. The first kappa shape index (κ1) is 28.2. The van der Waals surface area contributed by atoms with E-state index in [1.165, 1.54) is 47.7 Å². The minimum Gasteiger partial charge on any atom is -0.456 e. The zero-order chi connectivity index (χ0) is 33.5. The highest BCUT2D eigenvalue weighted by atomic mass is 32.1. The number of thiophene rings is 1. The largest absolute Gasteiger partial charge is 0.456 e. The molecule has 0 saturated carbocycles. The number of rotatable bonds is 4. The van der Waals surface area contributed by atoms with Crippen molar-refractivity contribution in [1.82, 2.24) is 19.5 Å². The second kappa shape index (κ2) is 10.9. The summed E-state index contributed by atoms with van der Waals surface area (Å²) in [5.41, 5.74) is 8.02. The summed E-state index contributed by atoms with van der Waals surface area (Å²) in [6, 6.07) is 54.8. The van der Waals surface area contributed by atoms with Gasteiger partial charge < -0.3 is 8.98 Å². The molecule has 6 heteroatoms. The van der Waals surface area contributed by atoms with Gasteiger partial charge in [0.2, 0.25) is 0 Å². The summed E-state index contributed by atoms with van der Waals surface area (Å²) in [4.78, 5) is 14.8. The molecule has 0 N–H and O–H groups in total. The summed E-state index contributed by atoms with van der Waals surface area (Å²) in [6.07, 6.45) is 0.